The van der Waals surface area contributed by atoms with Gasteiger partial charge in [-0.2, -0.15) is 0 Å². The van der Waals surface area contributed by atoms with E-state index in [-0.39, 0.29) is 6.10 Å². The van der Waals surface area contributed by atoms with E-state index in [0.29, 0.717) is 6.04 Å². The molecule has 0 aliphatic carbocycles. The number of aliphatic hydroxyl groups is 1. The van der Waals surface area contributed by atoms with E-state index in [1.54, 1.807) is 0 Å². The summed E-state index contributed by atoms with van der Waals surface area (Å²) < 4.78 is 0. The highest BCUT2D eigenvalue weighted by atomic mass is 16.3. The zero-order chi connectivity index (χ0) is 13.4. The molecule has 0 aromatic heterocycles. The van der Waals surface area contributed by atoms with E-state index < -0.39 is 0 Å². The molecule has 0 radical (unpaired) electrons. The van der Waals surface area contributed by atoms with Gasteiger partial charge in [0.1, 0.15) is 0 Å². The van der Waals surface area contributed by atoms with Gasteiger partial charge >= 0.3 is 0 Å². The maximum Gasteiger partial charge on any atom is 0.0512 e. The van der Waals surface area contributed by atoms with Crippen molar-refractivity contribution in [3.63, 3.8) is 0 Å². The molecular formula is C16H27NO. The van der Waals surface area contributed by atoms with Gasteiger partial charge in [-0.15, -0.1) is 0 Å². The average molecular weight is 249 g/mol. The third kappa shape index (κ3) is 5.65. The van der Waals surface area contributed by atoms with E-state index in [2.05, 4.69) is 43.4 Å². The van der Waals surface area contributed by atoms with Gasteiger partial charge in [-0.1, -0.05) is 37.6 Å². The fourth-order valence-electron chi connectivity index (χ4n) is 2.10. The van der Waals surface area contributed by atoms with Gasteiger partial charge in [0.05, 0.1) is 6.10 Å². The number of nitrogens with one attached hydrogen (secondary N) is 1. The van der Waals surface area contributed by atoms with Gasteiger partial charge < -0.3 is 10.4 Å². The largest absolute Gasteiger partial charge is 0.393 e. The van der Waals surface area contributed by atoms with Gasteiger partial charge in [0, 0.05) is 6.04 Å². The molecule has 0 saturated carbocycles. The molecule has 0 heterocycles. The molecule has 1 aromatic carbocycles. The van der Waals surface area contributed by atoms with Gasteiger partial charge in [0.15, 0.2) is 0 Å². The lowest BCUT2D eigenvalue weighted by Gasteiger charge is -2.15. The molecule has 18 heavy (non-hydrogen) atoms. The number of rotatable bonds is 8. The van der Waals surface area contributed by atoms with Crippen molar-refractivity contribution in [2.24, 2.45) is 0 Å². The third-order valence-corrected chi connectivity index (χ3v) is 3.27. The second-order valence-electron chi connectivity index (χ2n) is 5.16. The Morgan fingerprint density at radius 3 is 2.39 bits per heavy atom. The van der Waals surface area contributed by atoms with E-state index in [9.17, 15) is 5.11 Å². The lowest BCUT2D eigenvalue weighted by molar-refractivity contribution is 0.181. The van der Waals surface area contributed by atoms with E-state index in [4.69, 9.17) is 0 Å². The first-order chi connectivity index (χ1) is 8.63. The Morgan fingerprint density at radius 1 is 1.17 bits per heavy atom. The summed E-state index contributed by atoms with van der Waals surface area (Å²) in [5.74, 6) is 0. The Morgan fingerprint density at radius 2 is 1.83 bits per heavy atom. The molecule has 102 valence electrons. The summed E-state index contributed by atoms with van der Waals surface area (Å²) in [6.45, 7) is 7.20. The van der Waals surface area contributed by atoms with Gasteiger partial charge in [-0.25, -0.2) is 0 Å². The normalized spacial score (nSPS) is 14.4. The molecule has 0 amide bonds. The van der Waals surface area contributed by atoms with Gasteiger partial charge in [-0.05, 0) is 50.8 Å². The highest BCUT2D eigenvalue weighted by molar-refractivity contribution is 5.24. The van der Waals surface area contributed by atoms with Crippen LogP contribution >= 0.6 is 0 Å². The summed E-state index contributed by atoms with van der Waals surface area (Å²) in [5.41, 5.74) is 2.76. The second kappa shape index (κ2) is 8.28. The molecule has 0 aliphatic heterocycles. The molecule has 1 rings (SSSR count). The summed E-state index contributed by atoms with van der Waals surface area (Å²) in [7, 11) is 0. The molecular weight excluding hydrogens is 222 g/mol. The Kier molecular flexibility index (Phi) is 6.99. The van der Waals surface area contributed by atoms with Crippen LogP contribution in [0.1, 0.15) is 57.2 Å². The van der Waals surface area contributed by atoms with E-state index in [1.807, 2.05) is 6.92 Å². The van der Waals surface area contributed by atoms with Crippen LogP contribution in [-0.4, -0.2) is 17.8 Å². The molecule has 2 unspecified atom stereocenters. The van der Waals surface area contributed by atoms with Crippen LogP contribution in [-0.2, 0) is 6.42 Å². The molecule has 0 bridgehead atoms. The molecule has 1 aromatic rings. The first kappa shape index (κ1) is 15.2. The molecule has 0 spiro atoms. The summed E-state index contributed by atoms with van der Waals surface area (Å²) in [6.07, 6.45) is 4.07. The highest BCUT2D eigenvalue weighted by Crippen LogP contribution is 2.14. The fourth-order valence-corrected chi connectivity index (χ4v) is 2.10. The molecule has 2 N–H and O–H groups in total. The van der Waals surface area contributed by atoms with Crippen molar-refractivity contribution in [1.82, 2.24) is 5.32 Å². The first-order valence-corrected chi connectivity index (χ1v) is 7.13. The minimum atomic E-state index is -0.185. The Bertz CT molecular complexity index is 318. The van der Waals surface area contributed by atoms with Crippen LogP contribution in [0.3, 0.4) is 0 Å². The summed E-state index contributed by atoms with van der Waals surface area (Å²) in [6, 6.07) is 9.28. The first-order valence-electron chi connectivity index (χ1n) is 7.13. The van der Waals surface area contributed by atoms with Gasteiger partial charge in [-0.3, -0.25) is 0 Å². The Labute approximate surface area is 111 Å². The molecule has 0 saturated heterocycles. The van der Waals surface area contributed by atoms with Crippen LogP contribution in [0.5, 0.6) is 0 Å². The number of benzene rings is 1. The average Bonchev–Trinajstić information content (AvgIpc) is 2.35. The zero-order valence-corrected chi connectivity index (χ0v) is 11.9. The topological polar surface area (TPSA) is 32.3 Å². The maximum atomic E-state index is 9.19. The van der Waals surface area contributed by atoms with Crippen LogP contribution in [0.15, 0.2) is 24.3 Å². The Balaban J connectivity index is 2.34. The minimum Gasteiger partial charge on any atom is -0.393 e. The summed E-state index contributed by atoms with van der Waals surface area (Å²) in [5, 5.41) is 12.7. The van der Waals surface area contributed by atoms with Crippen molar-refractivity contribution in [1.29, 1.82) is 0 Å². The fraction of sp³-hybridized carbons (Fsp3) is 0.625. The van der Waals surface area contributed by atoms with Crippen molar-refractivity contribution in [2.75, 3.05) is 6.54 Å². The summed E-state index contributed by atoms with van der Waals surface area (Å²) >= 11 is 0. The van der Waals surface area contributed by atoms with Crippen LogP contribution in [0.25, 0.3) is 0 Å². The third-order valence-electron chi connectivity index (χ3n) is 3.27. The molecule has 2 atom stereocenters. The highest BCUT2D eigenvalue weighted by Gasteiger charge is 2.04. The molecule has 0 aliphatic rings. The Hall–Kier alpha value is -0.860. The van der Waals surface area contributed by atoms with Crippen LogP contribution < -0.4 is 5.32 Å². The van der Waals surface area contributed by atoms with Gasteiger partial charge in [0.25, 0.3) is 0 Å². The monoisotopic (exact) mass is 249 g/mol. The predicted octanol–water partition coefficient (Wildman–Crippen LogP) is 3.45. The quantitative estimate of drug-likeness (QED) is 0.692. The minimum absolute atomic E-state index is 0.185. The standard InChI is InChI=1S/C16H27NO/c1-4-6-15-8-10-16(11-9-15)14(3)17-12-5-7-13(2)18/h8-11,13-14,17-18H,4-7,12H2,1-3H3. The number of hydrogen-bond acceptors (Lipinski definition) is 2. The van der Waals surface area contributed by atoms with Crippen LogP contribution in [0.4, 0.5) is 0 Å². The maximum absolute atomic E-state index is 9.19. The smallest absolute Gasteiger partial charge is 0.0512 e. The van der Waals surface area contributed by atoms with Crippen molar-refractivity contribution in [2.45, 2.75) is 58.6 Å². The van der Waals surface area contributed by atoms with E-state index >= 15 is 0 Å². The lowest BCUT2D eigenvalue weighted by Crippen LogP contribution is -2.20. The molecule has 2 nitrogen and oxygen atoms in total. The van der Waals surface area contributed by atoms with Crippen LogP contribution in [0, 0.1) is 0 Å². The van der Waals surface area contributed by atoms with Crippen molar-refractivity contribution >= 4 is 0 Å². The van der Waals surface area contributed by atoms with Crippen molar-refractivity contribution in [3.8, 4) is 0 Å². The zero-order valence-electron chi connectivity index (χ0n) is 11.9. The van der Waals surface area contributed by atoms with Crippen LogP contribution in [0.2, 0.25) is 0 Å². The van der Waals surface area contributed by atoms with Gasteiger partial charge in [0.2, 0.25) is 0 Å². The van der Waals surface area contributed by atoms with E-state index in [0.717, 1.165) is 25.8 Å². The van der Waals surface area contributed by atoms with E-state index in [1.165, 1.54) is 17.5 Å². The van der Waals surface area contributed by atoms with Crippen molar-refractivity contribution in [3.05, 3.63) is 35.4 Å². The lowest BCUT2D eigenvalue weighted by atomic mass is 10.0. The summed E-state index contributed by atoms with van der Waals surface area (Å²) in [4.78, 5) is 0. The number of hydrogen-bond donors (Lipinski definition) is 2. The number of aryl methyl sites for hydroxylation is 1. The SMILES string of the molecule is CCCc1ccc(C(C)NCCCC(C)O)cc1. The van der Waals surface area contributed by atoms with Crippen molar-refractivity contribution < 1.29 is 5.11 Å². The number of aliphatic hydroxyl groups excluding tert-OH is 1. The molecule has 2 heteroatoms. The molecule has 0 fully saturated rings. The second-order valence-corrected chi connectivity index (χ2v) is 5.16. The predicted molar refractivity (Wildman–Crippen MR) is 77.8 cm³/mol.